The summed E-state index contributed by atoms with van der Waals surface area (Å²) in [5.41, 5.74) is 3.60. The van der Waals surface area contributed by atoms with Gasteiger partial charge in [0, 0.05) is 16.0 Å². The highest BCUT2D eigenvalue weighted by Gasteiger charge is 2.17. The van der Waals surface area contributed by atoms with Crippen LogP contribution < -0.4 is 5.56 Å². The van der Waals surface area contributed by atoms with Crippen molar-refractivity contribution in [2.45, 2.75) is 20.3 Å². The molecule has 0 saturated carbocycles. The van der Waals surface area contributed by atoms with Gasteiger partial charge in [-0.3, -0.25) is 4.79 Å². The molecule has 4 aromatic rings. The molecule has 0 aliphatic rings. The van der Waals surface area contributed by atoms with Gasteiger partial charge in [-0.05, 0) is 36.6 Å². The molecule has 0 bridgehead atoms. The molecule has 0 spiro atoms. The van der Waals surface area contributed by atoms with E-state index in [0.29, 0.717) is 16.0 Å². The Labute approximate surface area is 154 Å². The van der Waals surface area contributed by atoms with E-state index >= 15 is 0 Å². The molecule has 5 heteroatoms. The maximum Gasteiger partial charge on any atom is 0.260 e. The lowest BCUT2D eigenvalue weighted by atomic mass is 10.0. The molecule has 130 valence electrons. The summed E-state index contributed by atoms with van der Waals surface area (Å²) in [5.74, 6) is 0.271. The Morgan fingerprint density at radius 2 is 1.69 bits per heavy atom. The van der Waals surface area contributed by atoms with Crippen LogP contribution in [0.4, 0.5) is 4.39 Å². The Hall–Kier alpha value is -2.79. The molecule has 0 unspecified atom stereocenters. The van der Waals surface area contributed by atoms with Crippen molar-refractivity contribution in [1.82, 2.24) is 9.97 Å². The third kappa shape index (κ3) is 2.84. The molecule has 4 rings (SSSR count). The van der Waals surface area contributed by atoms with Crippen molar-refractivity contribution in [2.24, 2.45) is 0 Å². The van der Waals surface area contributed by atoms with Crippen molar-refractivity contribution in [3.8, 4) is 22.5 Å². The van der Waals surface area contributed by atoms with Gasteiger partial charge in [0.15, 0.2) is 0 Å². The monoisotopic (exact) mass is 364 g/mol. The Bertz CT molecular complexity index is 1140. The minimum atomic E-state index is -0.296. The van der Waals surface area contributed by atoms with E-state index in [2.05, 4.69) is 16.9 Å². The lowest BCUT2D eigenvalue weighted by Gasteiger charge is -2.04. The number of halogens is 1. The predicted octanol–water partition coefficient (Wildman–Crippen LogP) is 5.33. The second kappa shape index (κ2) is 6.50. The number of H-pyrrole nitrogens is 1. The maximum absolute atomic E-state index is 13.2. The third-order valence-corrected chi connectivity index (χ3v) is 5.51. The summed E-state index contributed by atoms with van der Waals surface area (Å²) in [6.07, 6.45) is 0.967. The van der Waals surface area contributed by atoms with Gasteiger partial charge in [-0.1, -0.05) is 43.3 Å². The Morgan fingerprint density at radius 1 is 1.04 bits per heavy atom. The molecule has 26 heavy (non-hydrogen) atoms. The van der Waals surface area contributed by atoms with Crippen molar-refractivity contribution < 1.29 is 4.39 Å². The lowest BCUT2D eigenvalue weighted by molar-refractivity contribution is 0.628. The highest BCUT2D eigenvalue weighted by atomic mass is 32.1. The summed E-state index contributed by atoms with van der Waals surface area (Å²) < 4.78 is 13.2. The van der Waals surface area contributed by atoms with Gasteiger partial charge in [0.25, 0.3) is 5.56 Å². The van der Waals surface area contributed by atoms with Crippen LogP contribution in [-0.4, -0.2) is 9.97 Å². The van der Waals surface area contributed by atoms with Crippen LogP contribution in [0, 0.1) is 12.7 Å². The standard InChI is InChI=1S/C21H17FN2OS/c1-3-13-4-6-15(7-5-13)19-23-20(25)18-17(12(2)26-21(18)24-19)14-8-10-16(22)11-9-14/h4-11H,3H2,1-2H3,(H,23,24,25). The maximum atomic E-state index is 13.2. The molecule has 1 N–H and O–H groups in total. The molecule has 0 fully saturated rings. The lowest BCUT2D eigenvalue weighted by Crippen LogP contribution is -2.09. The number of thiophene rings is 1. The van der Waals surface area contributed by atoms with Gasteiger partial charge in [-0.2, -0.15) is 0 Å². The van der Waals surface area contributed by atoms with Gasteiger partial charge in [0.1, 0.15) is 16.5 Å². The number of benzene rings is 2. The van der Waals surface area contributed by atoms with Crippen molar-refractivity contribution in [2.75, 3.05) is 0 Å². The fraction of sp³-hybridized carbons (Fsp3) is 0.143. The van der Waals surface area contributed by atoms with Gasteiger partial charge in [0.05, 0.1) is 5.39 Å². The van der Waals surface area contributed by atoms with Crippen molar-refractivity contribution >= 4 is 21.6 Å². The first kappa shape index (κ1) is 16.7. The quantitative estimate of drug-likeness (QED) is 0.534. The van der Waals surface area contributed by atoms with E-state index in [0.717, 1.165) is 28.0 Å². The van der Waals surface area contributed by atoms with Crippen LogP contribution in [-0.2, 0) is 6.42 Å². The van der Waals surface area contributed by atoms with E-state index in [4.69, 9.17) is 0 Å². The molecule has 0 aliphatic heterocycles. The zero-order valence-electron chi connectivity index (χ0n) is 14.5. The first-order valence-corrected chi connectivity index (χ1v) is 9.27. The van der Waals surface area contributed by atoms with Crippen LogP contribution in [0.15, 0.2) is 53.3 Å². The second-order valence-corrected chi connectivity index (χ2v) is 7.39. The van der Waals surface area contributed by atoms with E-state index < -0.39 is 0 Å². The van der Waals surface area contributed by atoms with Crippen LogP contribution in [0.25, 0.3) is 32.7 Å². The molecule has 0 aliphatic carbocycles. The number of aromatic nitrogens is 2. The molecule has 0 radical (unpaired) electrons. The van der Waals surface area contributed by atoms with Gasteiger partial charge in [0.2, 0.25) is 0 Å². The van der Waals surface area contributed by atoms with Crippen LogP contribution in [0.5, 0.6) is 0 Å². The summed E-state index contributed by atoms with van der Waals surface area (Å²) in [7, 11) is 0. The fourth-order valence-corrected chi connectivity index (χ4v) is 4.16. The zero-order chi connectivity index (χ0) is 18.3. The van der Waals surface area contributed by atoms with E-state index in [9.17, 15) is 9.18 Å². The summed E-state index contributed by atoms with van der Waals surface area (Å²) >= 11 is 1.48. The first-order valence-electron chi connectivity index (χ1n) is 8.45. The number of nitrogens with one attached hydrogen (secondary N) is 1. The van der Waals surface area contributed by atoms with E-state index in [1.54, 1.807) is 12.1 Å². The zero-order valence-corrected chi connectivity index (χ0v) is 15.3. The van der Waals surface area contributed by atoms with E-state index in [-0.39, 0.29) is 11.4 Å². The van der Waals surface area contributed by atoms with E-state index in [1.807, 2.05) is 31.2 Å². The number of aryl methyl sites for hydroxylation is 2. The number of hydrogen-bond acceptors (Lipinski definition) is 3. The van der Waals surface area contributed by atoms with Crippen molar-refractivity contribution in [3.63, 3.8) is 0 Å². The van der Waals surface area contributed by atoms with Crippen molar-refractivity contribution in [1.29, 1.82) is 0 Å². The summed E-state index contributed by atoms with van der Waals surface area (Å²) in [5, 5.41) is 0.563. The molecule has 2 aromatic carbocycles. The molecule has 0 amide bonds. The smallest absolute Gasteiger partial charge is 0.260 e. The number of aromatic amines is 1. The molecular weight excluding hydrogens is 347 g/mol. The van der Waals surface area contributed by atoms with E-state index in [1.165, 1.54) is 29.0 Å². The summed E-state index contributed by atoms with van der Waals surface area (Å²) in [6.45, 7) is 4.06. The van der Waals surface area contributed by atoms with Gasteiger partial charge >= 0.3 is 0 Å². The third-order valence-electron chi connectivity index (χ3n) is 4.51. The molecule has 0 atom stereocenters. The topological polar surface area (TPSA) is 45.8 Å². The minimum absolute atomic E-state index is 0.173. The normalized spacial score (nSPS) is 11.2. The van der Waals surface area contributed by atoms with Crippen LogP contribution in [0.2, 0.25) is 0 Å². The number of rotatable bonds is 3. The Morgan fingerprint density at radius 3 is 2.35 bits per heavy atom. The molecular formula is C21H17FN2OS. The average molecular weight is 364 g/mol. The minimum Gasteiger partial charge on any atom is -0.306 e. The molecule has 2 heterocycles. The Kier molecular flexibility index (Phi) is 4.17. The van der Waals surface area contributed by atoms with Crippen molar-refractivity contribution in [3.05, 3.63) is 75.1 Å². The fourth-order valence-electron chi connectivity index (χ4n) is 3.12. The van der Waals surface area contributed by atoms with Gasteiger partial charge < -0.3 is 4.98 Å². The molecule has 0 saturated heterocycles. The largest absolute Gasteiger partial charge is 0.306 e. The van der Waals surface area contributed by atoms with Crippen LogP contribution in [0.3, 0.4) is 0 Å². The number of fused-ring (bicyclic) bond motifs is 1. The molecule has 2 aromatic heterocycles. The summed E-state index contributed by atoms with van der Waals surface area (Å²) in [4.78, 5) is 22.1. The second-order valence-electron chi connectivity index (χ2n) is 6.19. The average Bonchev–Trinajstić information content (AvgIpc) is 2.99. The highest BCUT2D eigenvalue weighted by Crippen LogP contribution is 2.36. The first-order chi connectivity index (χ1) is 12.6. The predicted molar refractivity (Wildman–Crippen MR) is 105 cm³/mol. The van der Waals surface area contributed by atoms with Crippen LogP contribution in [0.1, 0.15) is 17.4 Å². The van der Waals surface area contributed by atoms with Gasteiger partial charge in [-0.15, -0.1) is 11.3 Å². The highest BCUT2D eigenvalue weighted by molar-refractivity contribution is 7.19. The van der Waals surface area contributed by atoms with Gasteiger partial charge in [-0.25, -0.2) is 9.37 Å². The Balaban J connectivity index is 1.89. The SMILES string of the molecule is CCc1ccc(-c2nc3sc(C)c(-c4ccc(F)cc4)c3c(=O)[nH]2)cc1. The van der Waals surface area contributed by atoms with Crippen LogP contribution >= 0.6 is 11.3 Å². The number of hydrogen-bond donors (Lipinski definition) is 1. The summed E-state index contributed by atoms with van der Waals surface area (Å²) in [6, 6.07) is 14.2. The number of nitrogens with zero attached hydrogens (tertiary/aromatic N) is 1. The molecule has 3 nitrogen and oxygen atoms in total.